The third-order valence-corrected chi connectivity index (χ3v) is 4.54. The van der Waals surface area contributed by atoms with Crippen LogP contribution >= 0.6 is 15.9 Å². The van der Waals surface area contributed by atoms with Gasteiger partial charge in [0.1, 0.15) is 18.5 Å². The lowest BCUT2D eigenvalue weighted by Crippen LogP contribution is -2.63. The highest BCUT2D eigenvalue weighted by Gasteiger charge is 2.53. The summed E-state index contributed by atoms with van der Waals surface area (Å²) in [5.74, 6) is -2.34. The van der Waals surface area contributed by atoms with E-state index in [1.807, 2.05) is 0 Å². The fourth-order valence-electron chi connectivity index (χ4n) is 2.93. The first-order valence-corrected chi connectivity index (χ1v) is 10.1. The summed E-state index contributed by atoms with van der Waals surface area (Å²) in [5.41, 5.74) is 0. The summed E-state index contributed by atoms with van der Waals surface area (Å²) in [5, 5.41) is 0. The van der Waals surface area contributed by atoms with E-state index in [0.717, 1.165) is 25.2 Å². The fourth-order valence-corrected chi connectivity index (χ4v) is 3.20. The maximum Gasteiger partial charge on any atom is 0.303 e. The van der Waals surface area contributed by atoms with Crippen molar-refractivity contribution in [3.05, 3.63) is 28.7 Å². The van der Waals surface area contributed by atoms with Gasteiger partial charge in [-0.05, 0) is 24.3 Å². The van der Waals surface area contributed by atoms with Crippen LogP contribution in [0.1, 0.15) is 27.7 Å². The predicted octanol–water partition coefficient (Wildman–Crippen LogP) is 1.91. The van der Waals surface area contributed by atoms with E-state index >= 15 is 0 Å². The van der Waals surface area contributed by atoms with Gasteiger partial charge >= 0.3 is 23.9 Å². The standard InChI is InChI=1S/C20H23BrO10/c1-10(22)26-9-16-17(27-11(2)23)18(28-12(3)24)19(29-13(4)25)20(31-16)30-15-7-5-14(21)6-8-15/h5-8,16-20H,9H2,1-4H3/t16?,17-,18+,19?,20-/m1/s1. The minimum absolute atomic E-state index is 0.321. The molecule has 1 aromatic carbocycles. The topological polar surface area (TPSA) is 124 Å². The Balaban J connectivity index is 2.43. The molecular formula is C20H23BrO10. The van der Waals surface area contributed by atoms with Crippen molar-refractivity contribution >= 4 is 39.8 Å². The molecule has 1 heterocycles. The van der Waals surface area contributed by atoms with Crippen molar-refractivity contribution in [2.45, 2.75) is 58.4 Å². The number of carbonyl (C=O) groups excluding carboxylic acids is 4. The molecule has 0 N–H and O–H groups in total. The molecule has 0 saturated carbocycles. The number of hydrogen-bond acceptors (Lipinski definition) is 10. The van der Waals surface area contributed by atoms with Crippen LogP contribution in [-0.2, 0) is 42.9 Å². The summed E-state index contributed by atoms with van der Waals surface area (Å²) in [7, 11) is 0. The van der Waals surface area contributed by atoms with Crippen LogP contribution in [0.4, 0.5) is 0 Å². The van der Waals surface area contributed by atoms with Crippen molar-refractivity contribution in [3.63, 3.8) is 0 Å². The van der Waals surface area contributed by atoms with Crippen LogP contribution in [0.5, 0.6) is 5.75 Å². The molecule has 0 bridgehead atoms. The Morgan fingerprint density at radius 3 is 1.84 bits per heavy atom. The Hall–Kier alpha value is -2.66. The normalized spacial score (nSPS) is 25.1. The molecule has 0 amide bonds. The number of carbonyl (C=O) groups is 4. The molecule has 0 spiro atoms. The zero-order chi connectivity index (χ0) is 23.1. The Bertz CT molecular complexity index is 809. The lowest BCUT2D eigenvalue weighted by Gasteiger charge is -2.43. The molecule has 2 unspecified atom stereocenters. The van der Waals surface area contributed by atoms with Gasteiger partial charge in [-0.1, -0.05) is 15.9 Å². The number of halogens is 1. The van der Waals surface area contributed by atoms with Crippen molar-refractivity contribution in [2.75, 3.05) is 6.61 Å². The summed E-state index contributed by atoms with van der Waals surface area (Å²) in [6.07, 6.45) is -6.11. The smallest absolute Gasteiger partial charge is 0.303 e. The summed E-state index contributed by atoms with van der Waals surface area (Å²) in [6, 6.07) is 6.72. The molecule has 31 heavy (non-hydrogen) atoms. The first-order valence-electron chi connectivity index (χ1n) is 9.29. The van der Waals surface area contributed by atoms with Crippen LogP contribution < -0.4 is 4.74 Å². The average Bonchev–Trinajstić information content (AvgIpc) is 2.65. The summed E-state index contributed by atoms with van der Waals surface area (Å²) >= 11 is 3.32. The van der Waals surface area contributed by atoms with Gasteiger partial charge in [-0.25, -0.2) is 0 Å². The second-order valence-electron chi connectivity index (χ2n) is 6.64. The van der Waals surface area contributed by atoms with Crippen LogP contribution in [0.2, 0.25) is 0 Å². The SMILES string of the molecule is CC(=O)OCC1O[C@@H](Oc2ccc(Br)cc2)C(OC(C)=O)[C@@H](OC(C)=O)[C@@H]1OC(C)=O. The van der Waals surface area contributed by atoms with Gasteiger partial charge in [0, 0.05) is 32.2 Å². The van der Waals surface area contributed by atoms with Crippen molar-refractivity contribution in [1.29, 1.82) is 0 Å². The molecule has 1 aliphatic heterocycles. The first-order chi connectivity index (χ1) is 14.6. The zero-order valence-electron chi connectivity index (χ0n) is 17.4. The lowest BCUT2D eigenvalue weighted by atomic mass is 9.98. The third-order valence-electron chi connectivity index (χ3n) is 4.01. The molecule has 10 nitrogen and oxygen atoms in total. The summed E-state index contributed by atoms with van der Waals surface area (Å²) in [6.45, 7) is 4.34. The molecule has 1 aromatic rings. The van der Waals surface area contributed by atoms with E-state index in [1.54, 1.807) is 24.3 Å². The van der Waals surface area contributed by atoms with E-state index in [-0.39, 0.29) is 6.61 Å². The van der Waals surface area contributed by atoms with Crippen LogP contribution in [0.25, 0.3) is 0 Å². The molecule has 11 heteroatoms. The Labute approximate surface area is 187 Å². The molecule has 0 aliphatic carbocycles. The molecule has 2 rings (SSSR count). The Kier molecular flexibility index (Phi) is 8.81. The third kappa shape index (κ3) is 7.51. The highest BCUT2D eigenvalue weighted by Crippen LogP contribution is 2.31. The maximum absolute atomic E-state index is 11.8. The van der Waals surface area contributed by atoms with Crippen LogP contribution in [-0.4, -0.2) is 61.2 Å². The maximum atomic E-state index is 11.8. The van der Waals surface area contributed by atoms with Gasteiger partial charge in [0.05, 0.1) is 0 Å². The molecule has 1 aliphatic rings. The minimum atomic E-state index is -1.28. The zero-order valence-corrected chi connectivity index (χ0v) is 18.9. The fraction of sp³-hybridized carbons (Fsp3) is 0.500. The van der Waals surface area contributed by atoms with Crippen molar-refractivity contribution in [1.82, 2.24) is 0 Å². The van der Waals surface area contributed by atoms with Gasteiger partial charge in [-0.3, -0.25) is 19.2 Å². The first kappa shape index (κ1) is 24.6. The average molecular weight is 503 g/mol. The number of benzene rings is 1. The van der Waals surface area contributed by atoms with E-state index in [0.29, 0.717) is 5.75 Å². The second kappa shape index (κ2) is 11.1. The number of esters is 4. The number of ether oxygens (including phenoxy) is 6. The highest BCUT2D eigenvalue weighted by atomic mass is 79.9. The van der Waals surface area contributed by atoms with Crippen molar-refractivity contribution in [3.8, 4) is 5.75 Å². The highest BCUT2D eigenvalue weighted by molar-refractivity contribution is 9.10. The number of hydrogen-bond donors (Lipinski definition) is 0. The monoisotopic (exact) mass is 502 g/mol. The van der Waals surface area contributed by atoms with Gasteiger partial charge in [0.2, 0.25) is 12.4 Å². The molecule has 170 valence electrons. The van der Waals surface area contributed by atoms with E-state index in [2.05, 4.69) is 15.9 Å². The van der Waals surface area contributed by atoms with Gasteiger partial charge in [-0.2, -0.15) is 0 Å². The lowest BCUT2D eigenvalue weighted by molar-refractivity contribution is -0.288. The molecular weight excluding hydrogens is 480 g/mol. The van der Waals surface area contributed by atoms with Crippen molar-refractivity contribution < 1.29 is 47.6 Å². The van der Waals surface area contributed by atoms with Gasteiger partial charge in [-0.15, -0.1) is 0 Å². The summed E-state index contributed by atoms with van der Waals surface area (Å²) in [4.78, 5) is 46.5. The Morgan fingerprint density at radius 2 is 1.32 bits per heavy atom. The predicted molar refractivity (Wildman–Crippen MR) is 107 cm³/mol. The molecule has 5 atom stereocenters. The van der Waals surface area contributed by atoms with Crippen LogP contribution in [0.15, 0.2) is 28.7 Å². The van der Waals surface area contributed by atoms with Crippen molar-refractivity contribution in [2.24, 2.45) is 0 Å². The largest absolute Gasteiger partial charge is 0.463 e. The quantitative estimate of drug-likeness (QED) is 0.403. The summed E-state index contributed by atoms with van der Waals surface area (Å²) < 4.78 is 33.5. The molecule has 0 radical (unpaired) electrons. The van der Waals surface area contributed by atoms with E-state index in [9.17, 15) is 19.2 Å². The molecule has 1 fully saturated rings. The molecule has 1 saturated heterocycles. The van der Waals surface area contributed by atoms with E-state index < -0.39 is 54.6 Å². The minimum Gasteiger partial charge on any atom is -0.463 e. The van der Waals surface area contributed by atoms with Gasteiger partial charge in [0.15, 0.2) is 12.2 Å². The molecule has 0 aromatic heterocycles. The van der Waals surface area contributed by atoms with E-state index in [4.69, 9.17) is 28.4 Å². The van der Waals surface area contributed by atoms with Gasteiger partial charge < -0.3 is 28.4 Å². The van der Waals surface area contributed by atoms with Crippen LogP contribution in [0, 0.1) is 0 Å². The van der Waals surface area contributed by atoms with E-state index in [1.165, 1.54) is 6.92 Å². The van der Waals surface area contributed by atoms with Gasteiger partial charge in [0.25, 0.3) is 0 Å². The van der Waals surface area contributed by atoms with Crippen LogP contribution in [0.3, 0.4) is 0 Å². The number of rotatable bonds is 7. The second-order valence-corrected chi connectivity index (χ2v) is 7.56. The Morgan fingerprint density at radius 1 is 0.806 bits per heavy atom.